The highest BCUT2D eigenvalue weighted by Crippen LogP contribution is 2.43. The molecule has 0 saturated carbocycles. The predicted molar refractivity (Wildman–Crippen MR) is 429 cm³/mol. The molecule has 0 aliphatic heterocycles. The second kappa shape index (κ2) is 28.5. The maximum atomic E-state index is 5.76. The molecule has 0 atom stereocenters. The van der Waals surface area contributed by atoms with E-state index in [1.807, 2.05) is 85.1 Å². The Labute approximate surface area is 613 Å². The summed E-state index contributed by atoms with van der Waals surface area (Å²) in [5.41, 5.74) is 27.9. The van der Waals surface area contributed by atoms with Gasteiger partial charge in [-0.3, -0.25) is 19.9 Å². The molecule has 8 heterocycles. The van der Waals surface area contributed by atoms with Gasteiger partial charge in [0.2, 0.25) is 0 Å². The molecule has 8 aromatic heterocycles. The van der Waals surface area contributed by atoms with E-state index >= 15 is 0 Å². The predicted octanol–water partition coefficient (Wildman–Crippen LogP) is 23.5. The van der Waals surface area contributed by atoms with Crippen molar-refractivity contribution in [3.05, 3.63) is 377 Å². The number of nitrogens with zero attached hydrogens (tertiary/aromatic N) is 10. The van der Waals surface area contributed by atoms with Crippen LogP contribution >= 0.6 is 0 Å². The number of pyridine rings is 6. The number of benzene rings is 10. The minimum absolute atomic E-state index is 0.707. The first-order valence-electron chi connectivity index (χ1n) is 35.2. The van der Waals surface area contributed by atoms with Crippen LogP contribution in [0.5, 0.6) is 0 Å². The molecule has 0 bridgehead atoms. The second-order valence-corrected chi connectivity index (χ2v) is 25.9. The molecule has 18 aromatic rings. The van der Waals surface area contributed by atoms with Crippen LogP contribution in [0.4, 0.5) is 0 Å². The quantitative estimate of drug-likeness (QED) is 0.0922. The lowest BCUT2D eigenvalue weighted by molar-refractivity contribution is 1.21. The zero-order valence-electron chi connectivity index (χ0n) is 57.3. The molecule has 0 radical (unpaired) electrons. The third-order valence-electron chi connectivity index (χ3n) is 19.1. The van der Waals surface area contributed by atoms with Crippen LogP contribution in [0.2, 0.25) is 0 Å². The Morgan fingerprint density at radius 3 is 0.802 bits per heavy atom. The van der Waals surface area contributed by atoms with Gasteiger partial charge in [-0.2, -0.15) is 0 Å². The fourth-order valence-electron chi connectivity index (χ4n) is 13.7. The van der Waals surface area contributed by atoms with E-state index in [4.69, 9.17) is 39.9 Å². The standard InChI is InChI=1S/C96H62N10/c1-5-22-63(23-6-1)65-37-44-71(45-38-65)92-89(68-25-7-2-8-26-68)104-93(90(103-92)69-27-9-3-10-28-69)72-46-39-67(40-47-72)80-60-87(83-36-17-20-55-99-83)102-88(61-80)84-52-51-78(62-100-84)75-32-21-33-76(57-75)95-96(77-50-43-64-24-13-14-31-74(64)56-77)105-91(70-29-11-4-12-30-70)94(106-95)73-48-41-66(42-49-73)79-58-85(81-34-15-18-53-97-81)101-86(59-79)82-35-16-19-54-98-82/h1-62H. The largest absolute Gasteiger partial charge is 0.255 e. The Kier molecular flexibility index (Phi) is 17.1. The summed E-state index contributed by atoms with van der Waals surface area (Å²) in [5.74, 6) is 0. The lowest BCUT2D eigenvalue weighted by Gasteiger charge is -2.17. The molecule has 18 rings (SSSR count). The van der Waals surface area contributed by atoms with Crippen molar-refractivity contribution in [2.75, 3.05) is 0 Å². The Morgan fingerprint density at radius 2 is 0.415 bits per heavy atom. The second-order valence-electron chi connectivity index (χ2n) is 25.9. The smallest absolute Gasteiger partial charge is 0.0973 e. The van der Waals surface area contributed by atoms with Crippen molar-refractivity contribution in [1.82, 2.24) is 49.8 Å². The van der Waals surface area contributed by atoms with Gasteiger partial charge in [-0.25, -0.2) is 29.9 Å². The third-order valence-corrected chi connectivity index (χ3v) is 19.1. The van der Waals surface area contributed by atoms with Crippen molar-refractivity contribution in [3.63, 3.8) is 0 Å². The molecule has 0 amide bonds. The third kappa shape index (κ3) is 13.1. The van der Waals surface area contributed by atoms with E-state index in [-0.39, 0.29) is 0 Å². The van der Waals surface area contributed by atoms with Crippen LogP contribution in [0.3, 0.4) is 0 Å². The number of rotatable bonds is 16. The zero-order chi connectivity index (χ0) is 70.5. The van der Waals surface area contributed by atoms with E-state index in [0.29, 0.717) is 11.4 Å². The maximum absolute atomic E-state index is 5.76. The molecule has 0 N–H and O–H groups in total. The summed E-state index contributed by atoms with van der Waals surface area (Å²) in [7, 11) is 0. The topological polar surface area (TPSA) is 129 Å². The minimum atomic E-state index is 0.707. The molecule has 106 heavy (non-hydrogen) atoms. The molecule has 10 heteroatoms. The SMILES string of the molecule is c1ccc(-c2ccc(-c3nc(-c4ccccc4)c(-c4ccc(-c5cc(-c6ccccn6)nc(-c6ccc(-c7cccc(-c8nc(-c9ccc(-c%10cc(-c%11ccccn%11)nc(-c%11ccccn%11)c%10)cc9)c(-c9ccccc9)nc8-c8ccc9ccccc9c8)c7)cn6)c5)cc4)nc3-c3ccccc3)cc2)cc1. The van der Waals surface area contributed by atoms with E-state index in [0.717, 1.165) is 180 Å². The highest BCUT2D eigenvalue weighted by atomic mass is 14.9. The maximum Gasteiger partial charge on any atom is 0.0973 e. The molecule has 0 aliphatic carbocycles. The Bertz CT molecular complexity index is 6120. The van der Waals surface area contributed by atoms with Crippen molar-refractivity contribution in [2.24, 2.45) is 0 Å². The Balaban J connectivity index is 0.704. The van der Waals surface area contributed by atoms with Crippen molar-refractivity contribution in [1.29, 1.82) is 0 Å². The summed E-state index contributed by atoms with van der Waals surface area (Å²) in [6, 6.07) is 121. The van der Waals surface area contributed by atoms with Crippen molar-refractivity contribution >= 4 is 10.8 Å². The summed E-state index contributed by atoms with van der Waals surface area (Å²) < 4.78 is 0. The van der Waals surface area contributed by atoms with Gasteiger partial charge in [0.25, 0.3) is 0 Å². The van der Waals surface area contributed by atoms with Gasteiger partial charge >= 0.3 is 0 Å². The summed E-state index contributed by atoms with van der Waals surface area (Å²) in [4.78, 5) is 52.3. The first-order chi connectivity index (χ1) is 52.5. The van der Waals surface area contributed by atoms with Gasteiger partial charge < -0.3 is 0 Å². The fraction of sp³-hybridized carbons (Fsp3) is 0. The van der Waals surface area contributed by atoms with Crippen LogP contribution in [0.15, 0.2) is 377 Å². The summed E-state index contributed by atoms with van der Waals surface area (Å²) in [6.07, 6.45) is 7.32. The monoisotopic (exact) mass is 1350 g/mol. The van der Waals surface area contributed by atoms with Crippen LogP contribution in [0, 0.1) is 0 Å². The van der Waals surface area contributed by atoms with Gasteiger partial charge in [0.15, 0.2) is 0 Å². The van der Waals surface area contributed by atoms with Gasteiger partial charge in [-0.15, -0.1) is 0 Å². The molecular weight excluding hydrogens is 1290 g/mol. The minimum Gasteiger partial charge on any atom is -0.255 e. The number of fused-ring (bicyclic) bond motifs is 1. The average Bonchev–Trinajstić information content (AvgIpc) is 0.762. The zero-order valence-corrected chi connectivity index (χ0v) is 57.3. The van der Waals surface area contributed by atoms with Crippen LogP contribution in [-0.4, -0.2) is 49.8 Å². The highest BCUT2D eigenvalue weighted by Gasteiger charge is 2.24. The van der Waals surface area contributed by atoms with Crippen molar-refractivity contribution in [3.8, 4) is 180 Å². The highest BCUT2D eigenvalue weighted by molar-refractivity contribution is 5.94. The molecule has 0 unspecified atom stereocenters. The first kappa shape index (κ1) is 63.7. The summed E-state index contributed by atoms with van der Waals surface area (Å²) in [6.45, 7) is 0. The van der Waals surface area contributed by atoms with E-state index in [1.165, 1.54) is 0 Å². The average molecular weight is 1360 g/mol. The number of aromatic nitrogens is 10. The molecule has 0 saturated heterocycles. The van der Waals surface area contributed by atoms with Gasteiger partial charge in [-0.05, 0) is 129 Å². The van der Waals surface area contributed by atoms with Crippen LogP contribution in [0.25, 0.3) is 191 Å². The van der Waals surface area contributed by atoms with Crippen molar-refractivity contribution in [2.45, 2.75) is 0 Å². The lowest BCUT2D eigenvalue weighted by atomic mass is 9.95. The fourth-order valence-corrected chi connectivity index (χ4v) is 13.7. The summed E-state index contributed by atoms with van der Waals surface area (Å²) in [5, 5.41) is 2.25. The van der Waals surface area contributed by atoms with Crippen LogP contribution in [0.1, 0.15) is 0 Å². The molecule has 10 aromatic carbocycles. The molecule has 0 fully saturated rings. The number of hydrogen-bond donors (Lipinski definition) is 0. The molecular formula is C96H62N10. The Morgan fingerprint density at radius 1 is 0.132 bits per heavy atom. The lowest BCUT2D eigenvalue weighted by Crippen LogP contribution is -2.01. The number of hydrogen-bond acceptors (Lipinski definition) is 10. The molecule has 10 nitrogen and oxygen atoms in total. The van der Waals surface area contributed by atoms with Crippen LogP contribution < -0.4 is 0 Å². The van der Waals surface area contributed by atoms with Crippen molar-refractivity contribution < 1.29 is 0 Å². The van der Waals surface area contributed by atoms with Gasteiger partial charge in [0.05, 0.1) is 91.1 Å². The molecule has 0 aliphatic rings. The van der Waals surface area contributed by atoms with Gasteiger partial charge in [0.1, 0.15) is 0 Å². The van der Waals surface area contributed by atoms with E-state index in [1.54, 1.807) is 18.6 Å². The Hall–Kier alpha value is -14.5. The molecule has 496 valence electrons. The van der Waals surface area contributed by atoms with E-state index in [2.05, 4.69) is 283 Å². The van der Waals surface area contributed by atoms with Gasteiger partial charge in [-0.1, -0.05) is 273 Å². The van der Waals surface area contributed by atoms with Crippen LogP contribution in [-0.2, 0) is 0 Å². The molecule has 0 spiro atoms. The normalized spacial score (nSPS) is 11.2. The summed E-state index contributed by atoms with van der Waals surface area (Å²) >= 11 is 0. The van der Waals surface area contributed by atoms with E-state index < -0.39 is 0 Å². The van der Waals surface area contributed by atoms with E-state index in [9.17, 15) is 0 Å². The first-order valence-corrected chi connectivity index (χ1v) is 35.2. The van der Waals surface area contributed by atoms with Gasteiger partial charge in [0, 0.05) is 74.9 Å².